The van der Waals surface area contributed by atoms with Crippen molar-refractivity contribution in [3.63, 3.8) is 0 Å². The summed E-state index contributed by atoms with van der Waals surface area (Å²) in [6, 6.07) is 13.8. The van der Waals surface area contributed by atoms with E-state index in [0.29, 0.717) is 5.02 Å². The monoisotopic (exact) mass is 287 g/mol. The van der Waals surface area contributed by atoms with Crippen molar-refractivity contribution in [3.8, 4) is 11.3 Å². The SMILES string of the molecule is Clc1ccc(Sc2[nH]cnc2-c2ccccc2)nc1. The Morgan fingerprint density at radius 3 is 2.58 bits per heavy atom. The van der Waals surface area contributed by atoms with Gasteiger partial charge in [0.1, 0.15) is 15.7 Å². The number of halogens is 1. The Hall–Kier alpha value is -1.78. The Morgan fingerprint density at radius 2 is 1.84 bits per heavy atom. The number of rotatable bonds is 3. The van der Waals surface area contributed by atoms with Gasteiger partial charge in [-0.15, -0.1) is 0 Å². The van der Waals surface area contributed by atoms with Crippen LogP contribution >= 0.6 is 23.4 Å². The average Bonchev–Trinajstić information content (AvgIpc) is 2.90. The van der Waals surface area contributed by atoms with Crippen molar-refractivity contribution in [3.05, 3.63) is 60.0 Å². The minimum Gasteiger partial charge on any atom is -0.339 e. The highest BCUT2D eigenvalue weighted by Crippen LogP contribution is 2.32. The molecule has 0 saturated carbocycles. The van der Waals surface area contributed by atoms with E-state index in [9.17, 15) is 0 Å². The molecule has 0 radical (unpaired) electrons. The Bertz CT molecular complexity index is 665. The van der Waals surface area contributed by atoms with E-state index in [2.05, 4.69) is 15.0 Å². The third-order valence-electron chi connectivity index (χ3n) is 2.56. The predicted molar refractivity (Wildman–Crippen MR) is 77.4 cm³/mol. The predicted octanol–water partition coefficient (Wildman–Crippen LogP) is 4.28. The molecule has 0 amide bonds. The van der Waals surface area contributed by atoms with Gasteiger partial charge in [0, 0.05) is 11.8 Å². The molecule has 0 unspecified atom stereocenters. The molecule has 0 bridgehead atoms. The molecule has 2 heterocycles. The number of aromatic amines is 1. The van der Waals surface area contributed by atoms with Crippen LogP contribution in [-0.4, -0.2) is 15.0 Å². The van der Waals surface area contributed by atoms with Crippen LogP contribution in [0.3, 0.4) is 0 Å². The second kappa shape index (κ2) is 5.47. The quantitative estimate of drug-likeness (QED) is 0.782. The number of benzene rings is 1. The second-order valence-corrected chi connectivity index (χ2v) is 5.33. The van der Waals surface area contributed by atoms with Crippen molar-refractivity contribution in [2.45, 2.75) is 10.1 Å². The Morgan fingerprint density at radius 1 is 1.00 bits per heavy atom. The number of nitrogens with one attached hydrogen (secondary N) is 1. The van der Waals surface area contributed by atoms with Crippen molar-refractivity contribution in [2.75, 3.05) is 0 Å². The summed E-state index contributed by atoms with van der Waals surface area (Å²) in [6.07, 6.45) is 3.34. The summed E-state index contributed by atoms with van der Waals surface area (Å²) in [5.41, 5.74) is 2.02. The van der Waals surface area contributed by atoms with E-state index < -0.39 is 0 Å². The topological polar surface area (TPSA) is 41.6 Å². The highest BCUT2D eigenvalue weighted by molar-refractivity contribution is 7.99. The summed E-state index contributed by atoms with van der Waals surface area (Å²) in [5, 5.41) is 2.49. The maximum absolute atomic E-state index is 5.83. The fraction of sp³-hybridized carbons (Fsp3) is 0. The third-order valence-corrected chi connectivity index (χ3v) is 3.75. The highest BCUT2D eigenvalue weighted by atomic mass is 35.5. The van der Waals surface area contributed by atoms with Gasteiger partial charge in [0.25, 0.3) is 0 Å². The number of nitrogens with zero attached hydrogens (tertiary/aromatic N) is 2. The van der Waals surface area contributed by atoms with Gasteiger partial charge >= 0.3 is 0 Å². The van der Waals surface area contributed by atoms with E-state index in [-0.39, 0.29) is 0 Å². The number of hydrogen-bond acceptors (Lipinski definition) is 3. The third kappa shape index (κ3) is 2.80. The maximum atomic E-state index is 5.83. The van der Waals surface area contributed by atoms with Crippen molar-refractivity contribution in [2.24, 2.45) is 0 Å². The van der Waals surface area contributed by atoms with E-state index in [0.717, 1.165) is 21.3 Å². The van der Waals surface area contributed by atoms with Gasteiger partial charge in [-0.25, -0.2) is 9.97 Å². The van der Waals surface area contributed by atoms with Crippen LogP contribution in [0.4, 0.5) is 0 Å². The Labute approximate surface area is 120 Å². The molecule has 94 valence electrons. The number of hydrogen-bond donors (Lipinski definition) is 1. The lowest BCUT2D eigenvalue weighted by Gasteiger charge is -2.02. The standard InChI is InChI=1S/C14H10ClN3S/c15-11-6-7-12(16-8-11)19-14-13(17-9-18-14)10-4-2-1-3-5-10/h1-9H,(H,17,18). The lowest BCUT2D eigenvalue weighted by molar-refractivity contribution is 1.12. The average molecular weight is 288 g/mol. The van der Waals surface area contributed by atoms with Gasteiger partial charge in [-0.2, -0.15) is 0 Å². The molecule has 3 rings (SSSR count). The molecule has 19 heavy (non-hydrogen) atoms. The summed E-state index contributed by atoms with van der Waals surface area (Å²) in [7, 11) is 0. The summed E-state index contributed by atoms with van der Waals surface area (Å²) >= 11 is 7.37. The van der Waals surface area contributed by atoms with Crippen LogP contribution < -0.4 is 0 Å². The van der Waals surface area contributed by atoms with E-state index in [1.807, 2.05) is 42.5 Å². The summed E-state index contributed by atoms with van der Waals surface area (Å²) in [4.78, 5) is 11.8. The fourth-order valence-electron chi connectivity index (χ4n) is 1.69. The van der Waals surface area contributed by atoms with Crippen LogP contribution in [-0.2, 0) is 0 Å². The molecule has 0 fully saturated rings. The summed E-state index contributed by atoms with van der Waals surface area (Å²) in [6.45, 7) is 0. The second-order valence-electron chi connectivity index (χ2n) is 3.86. The lowest BCUT2D eigenvalue weighted by Crippen LogP contribution is -1.83. The smallest absolute Gasteiger partial charge is 0.106 e. The molecule has 1 N–H and O–H groups in total. The molecule has 0 aliphatic rings. The molecule has 2 aromatic heterocycles. The van der Waals surface area contributed by atoms with Gasteiger partial charge in [0.2, 0.25) is 0 Å². The van der Waals surface area contributed by atoms with Crippen LogP contribution in [0.25, 0.3) is 11.3 Å². The number of aromatic nitrogens is 3. The van der Waals surface area contributed by atoms with Crippen molar-refractivity contribution < 1.29 is 0 Å². The van der Waals surface area contributed by atoms with Gasteiger partial charge in [0.05, 0.1) is 11.3 Å². The minimum absolute atomic E-state index is 0.636. The van der Waals surface area contributed by atoms with Crippen LogP contribution in [0.15, 0.2) is 65.0 Å². The molecule has 0 spiro atoms. The normalized spacial score (nSPS) is 10.6. The number of H-pyrrole nitrogens is 1. The zero-order chi connectivity index (χ0) is 13.1. The van der Waals surface area contributed by atoms with Crippen LogP contribution in [0, 0.1) is 0 Å². The van der Waals surface area contributed by atoms with Crippen molar-refractivity contribution in [1.82, 2.24) is 15.0 Å². The Kier molecular flexibility index (Phi) is 3.53. The lowest BCUT2D eigenvalue weighted by atomic mass is 10.2. The van der Waals surface area contributed by atoms with Gasteiger partial charge in [-0.05, 0) is 23.9 Å². The van der Waals surface area contributed by atoms with E-state index in [1.165, 1.54) is 11.8 Å². The van der Waals surface area contributed by atoms with E-state index in [4.69, 9.17) is 11.6 Å². The number of imidazole rings is 1. The van der Waals surface area contributed by atoms with E-state index >= 15 is 0 Å². The van der Waals surface area contributed by atoms with Gasteiger partial charge in [-0.3, -0.25) is 0 Å². The first-order valence-electron chi connectivity index (χ1n) is 5.71. The molecule has 0 aliphatic heterocycles. The summed E-state index contributed by atoms with van der Waals surface area (Å²) < 4.78 is 0. The molecular weight excluding hydrogens is 278 g/mol. The molecule has 5 heteroatoms. The first-order valence-corrected chi connectivity index (χ1v) is 6.90. The first-order chi connectivity index (χ1) is 9.33. The van der Waals surface area contributed by atoms with Gasteiger partial charge < -0.3 is 4.98 Å². The Balaban J connectivity index is 1.91. The van der Waals surface area contributed by atoms with Crippen molar-refractivity contribution >= 4 is 23.4 Å². The largest absolute Gasteiger partial charge is 0.339 e. The highest BCUT2D eigenvalue weighted by Gasteiger charge is 2.10. The molecular formula is C14H10ClN3S. The molecule has 0 aliphatic carbocycles. The van der Waals surface area contributed by atoms with Gasteiger partial charge in [0.15, 0.2) is 0 Å². The van der Waals surface area contributed by atoms with Crippen LogP contribution in [0.2, 0.25) is 5.02 Å². The fourth-order valence-corrected chi connectivity index (χ4v) is 2.63. The zero-order valence-corrected chi connectivity index (χ0v) is 11.4. The van der Waals surface area contributed by atoms with Crippen molar-refractivity contribution in [1.29, 1.82) is 0 Å². The van der Waals surface area contributed by atoms with Crippen LogP contribution in [0.5, 0.6) is 0 Å². The minimum atomic E-state index is 0.636. The zero-order valence-electron chi connectivity index (χ0n) is 9.88. The molecule has 3 aromatic rings. The summed E-state index contributed by atoms with van der Waals surface area (Å²) in [5.74, 6) is 0. The molecule has 0 saturated heterocycles. The number of pyridine rings is 1. The maximum Gasteiger partial charge on any atom is 0.106 e. The van der Waals surface area contributed by atoms with Crippen LogP contribution in [0.1, 0.15) is 0 Å². The molecule has 1 aromatic carbocycles. The van der Waals surface area contributed by atoms with Gasteiger partial charge in [-0.1, -0.05) is 41.9 Å². The molecule has 0 atom stereocenters. The molecule has 3 nitrogen and oxygen atoms in total. The van der Waals surface area contributed by atoms with E-state index in [1.54, 1.807) is 12.5 Å². The first kappa shape index (κ1) is 12.3.